The van der Waals surface area contributed by atoms with Gasteiger partial charge in [0.2, 0.25) is 29.7 Å². The minimum absolute atomic E-state index is 0.0402. The molecule has 16 N–H and O–H groups in total. The van der Waals surface area contributed by atoms with Gasteiger partial charge in [0, 0.05) is 38.9 Å². The van der Waals surface area contributed by atoms with Crippen LogP contribution in [0.3, 0.4) is 0 Å². The molecule has 2 aromatic rings. The number of carbonyl (C=O) groups excluding carboxylic acids is 6. The molecule has 2 aliphatic heterocycles. The van der Waals surface area contributed by atoms with E-state index in [9.17, 15) is 43.5 Å². The average molecular weight is 1020 g/mol. The maximum atomic E-state index is 12.8. The Morgan fingerprint density at radius 1 is 0.778 bits per heavy atom. The summed E-state index contributed by atoms with van der Waals surface area (Å²) in [6, 6.07) is 13.5. The zero-order valence-electron chi connectivity index (χ0n) is 40.3. The van der Waals surface area contributed by atoms with Gasteiger partial charge in [0.25, 0.3) is 0 Å². The Bertz CT molecular complexity index is 2130. The van der Waals surface area contributed by atoms with Crippen LogP contribution in [0.2, 0.25) is 0 Å². The van der Waals surface area contributed by atoms with Gasteiger partial charge in [-0.3, -0.25) is 19.8 Å². The summed E-state index contributed by atoms with van der Waals surface area (Å²) in [6.45, 7) is 5.29. The molecule has 27 nitrogen and oxygen atoms in total. The van der Waals surface area contributed by atoms with Crippen molar-refractivity contribution in [3.05, 3.63) is 90.2 Å². The summed E-state index contributed by atoms with van der Waals surface area (Å²) in [5.74, 6) is -2.16. The van der Waals surface area contributed by atoms with Gasteiger partial charge in [0.1, 0.15) is 12.2 Å². The zero-order chi connectivity index (χ0) is 54.8. The highest BCUT2D eigenvalue weighted by molar-refractivity contribution is 5.87. The quantitative estimate of drug-likeness (QED) is 0.0328. The van der Waals surface area contributed by atoms with Crippen LogP contribution in [0.1, 0.15) is 45.1 Å². The lowest BCUT2D eigenvalue weighted by Crippen LogP contribution is -2.53. The average Bonchev–Trinajstić information content (AvgIpc) is 3.33. The molecule has 4 rings (SSSR count). The van der Waals surface area contributed by atoms with Gasteiger partial charge in [-0.1, -0.05) is 43.0 Å². The number of amides is 4. The summed E-state index contributed by atoms with van der Waals surface area (Å²) < 4.78 is 34.9. The summed E-state index contributed by atoms with van der Waals surface area (Å²) in [5, 5.41) is 43.8. The van der Waals surface area contributed by atoms with Crippen molar-refractivity contribution in [2.75, 3.05) is 39.8 Å². The number of aliphatic hydroxyl groups is 1. The smallest absolute Gasteiger partial charge is 0.478 e. The molecule has 398 valence electrons. The molecule has 0 bridgehead atoms. The van der Waals surface area contributed by atoms with Crippen LogP contribution in [-0.4, -0.2) is 141 Å². The number of anilines is 1. The summed E-state index contributed by atoms with van der Waals surface area (Å²) in [6.07, 6.45) is -3.40. The highest BCUT2D eigenvalue weighted by Gasteiger charge is 2.39. The Morgan fingerprint density at radius 3 is 1.61 bits per heavy atom. The van der Waals surface area contributed by atoms with Crippen LogP contribution < -0.4 is 44.2 Å². The SMILES string of the molecule is C=C(N)N.CN.COC(=O)C1=CCC(NC(C)=O)C(C(CCOC(=O)O)OC(=O)NCc2ccc(-c3ccc(NC=O)cc3)cc2)O1.COC(=O)C1=CCC(NC(C)=O)C(C(O)CCOC(=O)O)O1.N=CN. The third kappa shape index (κ3) is 25.7. The molecule has 0 fully saturated rings. The molecule has 6 atom stereocenters. The molecule has 0 spiro atoms. The van der Waals surface area contributed by atoms with Crippen molar-refractivity contribution in [3.8, 4) is 11.1 Å². The molecule has 0 aromatic heterocycles. The molecule has 0 radical (unpaired) electrons. The summed E-state index contributed by atoms with van der Waals surface area (Å²) in [7, 11) is 3.87. The van der Waals surface area contributed by atoms with Crippen molar-refractivity contribution in [2.24, 2.45) is 22.9 Å². The molecule has 6 unspecified atom stereocenters. The summed E-state index contributed by atoms with van der Waals surface area (Å²) >= 11 is 0. The van der Waals surface area contributed by atoms with E-state index in [2.05, 4.69) is 53.5 Å². The number of benzene rings is 2. The van der Waals surface area contributed by atoms with Crippen LogP contribution in [0.4, 0.5) is 20.1 Å². The first-order valence-electron chi connectivity index (χ1n) is 21.4. The van der Waals surface area contributed by atoms with Crippen LogP contribution in [-0.2, 0) is 63.7 Å². The van der Waals surface area contributed by atoms with Gasteiger partial charge in [-0.15, -0.1) is 0 Å². The van der Waals surface area contributed by atoms with E-state index in [4.69, 9.17) is 46.0 Å². The lowest BCUT2D eigenvalue weighted by atomic mass is 9.97. The molecule has 72 heavy (non-hydrogen) atoms. The minimum Gasteiger partial charge on any atom is -0.478 e. The summed E-state index contributed by atoms with van der Waals surface area (Å²) in [4.78, 5) is 91.0. The van der Waals surface area contributed by atoms with E-state index in [1.54, 1.807) is 12.1 Å². The molecule has 2 aromatic carbocycles. The Labute approximate surface area is 414 Å². The first-order chi connectivity index (χ1) is 34.2. The Kier molecular flexibility index (Phi) is 31.3. The number of carboxylic acid groups (broad SMARTS) is 2. The Morgan fingerprint density at radius 2 is 1.19 bits per heavy atom. The Hall–Kier alpha value is -8.59. The normalized spacial score (nSPS) is 16.7. The van der Waals surface area contributed by atoms with E-state index in [0.717, 1.165) is 23.0 Å². The van der Waals surface area contributed by atoms with Gasteiger partial charge in [0.05, 0.1) is 57.8 Å². The van der Waals surface area contributed by atoms with Crippen molar-refractivity contribution in [1.82, 2.24) is 16.0 Å². The van der Waals surface area contributed by atoms with E-state index in [1.807, 2.05) is 36.4 Å². The molecule has 2 heterocycles. The van der Waals surface area contributed by atoms with Crippen molar-refractivity contribution in [2.45, 2.75) is 82.6 Å². The van der Waals surface area contributed by atoms with Gasteiger partial charge in [-0.25, -0.2) is 24.0 Å². The second-order valence-corrected chi connectivity index (χ2v) is 14.3. The molecule has 4 amide bonds. The fourth-order valence-electron chi connectivity index (χ4n) is 6.22. The van der Waals surface area contributed by atoms with Crippen molar-refractivity contribution >= 4 is 60.6 Å². The fourth-order valence-corrected chi connectivity index (χ4v) is 6.22. The highest BCUT2D eigenvalue weighted by Crippen LogP contribution is 2.26. The van der Waals surface area contributed by atoms with E-state index in [-0.39, 0.29) is 74.6 Å². The number of methoxy groups -OCH3 is 2. The predicted molar refractivity (Wildman–Crippen MR) is 257 cm³/mol. The van der Waals surface area contributed by atoms with Gasteiger partial charge in [-0.05, 0) is 60.9 Å². The number of aliphatic hydroxyl groups excluding tert-OH is 1. The number of nitrogens with two attached hydrogens (primary N) is 4. The van der Waals surface area contributed by atoms with E-state index in [0.29, 0.717) is 12.1 Å². The topological polar surface area (TPSA) is 438 Å². The zero-order valence-corrected chi connectivity index (χ0v) is 40.3. The molecule has 2 aliphatic rings. The van der Waals surface area contributed by atoms with Crippen molar-refractivity contribution in [1.29, 1.82) is 5.41 Å². The van der Waals surface area contributed by atoms with Gasteiger partial charge >= 0.3 is 30.3 Å². The standard InChI is InChI=1S/C28H31N3O10.C13H19NO8.C2H6N2.CH4N2.CH5N/c1-17(33)31-22-11-12-24(26(34)38-2)40-25(22)23(13-14-39-28(36)37)41-27(35)29-15-18-3-5-19(6-4-18)20-7-9-21(10-8-20)30-16-32;1-7(15)14-8-3-4-10(12(17)20-2)22-11(8)9(16)5-6-21-13(18)19;1-2(3)4;2-1-3;1-2/h3-10,12,16,22-23,25H,11,13-15H2,1-2H3,(H,29,35)(H,30,32)(H,31,33)(H,36,37);4,8-9,11,16H,3,5-6H2,1-2H3,(H,14,15)(H,18,19);1,3-4H2;1H,(H3,2,3);2H2,1H3. The molecule has 0 aliphatic carbocycles. The lowest BCUT2D eigenvalue weighted by molar-refractivity contribution is -0.145. The van der Waals surface area contributed by atoms with E-state index >= 15 is 0 Å². The first kappa shape index (κ1) is 63.4. The molecule has 27 heteroatoms. The van der Waals surface area contributed by atoms with Gasteiger partial charge in [0.15, 0.2) is 6.10 Å². The fraction of sp³-hybridized carbons (Fsp3) is 0.400. The Balaban J connectivity index is 0.00000136. The predicted octanol–water partition coefficient (Wildman–Crippen LogP) is 1.24. The van der Waals surface area contributed by atoms with E-state index in [1.165, 1.54) is 47.3 Å². The maximum absolute atomic E-state index is 12.8. The number of esters is 2. The maximum Gasteiger partial charge on any atom is 0.505 e. The van der Waals surface area contributed by atoms with E-state index < -0.39 is 66.8 Å². The molecular weight excluding hydrogens is 955 g/mol. The molecular formula is C45H65N9O18. The van der Waals surface area contributed by atoms with Crippen molar-refractivity contribution in [3.63, 3.8) is 0 Å². The van der Waals surface area contributed by atoms with Crippen molar-refractivity contribution < 1.29 is 86.8 Å². The number of nitrogens with one attached hydrogen (secondary N) is 5. The number of hydrogen-bond donors (Lipinski definition) is 12. The largest absolute Gasteiger partial charge is 0.505 e. The third-order valence-electron chi connectivity index (χ3n) is 9.09. The van der Waals surface area contributed by atoms with Crippen LogP contribution in [0.15, 0.2) is 84.6 Å². The summed E-state index contributed by atoms with van der Waals surface area (Å²) in [5.41, 5.74) is 21.6. The lowest BCUT2D eigenvalue weighted by Gasteiger charge is -2.36. The van der Waals surface area contributed by atoms with Crippen LogP contribution >= 0.6 is 0 Å². The number of ether oxygens (including phenoxy) is 7. The third-order valence-corrected chi connectivity index (χ3v) is 9.09. The number of carbonyl (C=O) groups is 8. The van der Waals surface area contributed by atoms with Gasteiger partial charge in [-0.2, -0.15) is 0 Å². The van der Waals surface area contributed by atoms with Crippen LogP contribution in [0.25, 0.3) is 11.1 Å². The molecule has 0 saturated heterocycles. The number of rotatable bonds is 18. The van der Waals surface area contributed by atoms with Gasteiger partial charge < -0.3 is 92.7 Å². The minimum atomic E-state index is -1.51. The first-order valence-corrected chi connectivity index (χ1v) is 21.4. The molecule has 0 saturated carbocycles. The van der Waals surface area contributed by atoms with Crippen LogP contribution in [0, 0.1) is 5.41 Å². The number of hydrogen-bond acceptors (Lipinski definition) is 20. The second-order valence-electron chi connectivity index (χ2n) is 14.3. The highest BCUT2D eigenvalue weighted by atomic mass is 16.7. The number of alkyl carbamates (subject to hydrolysis) is 1. The van der Waals surface area contributed by atoms with Crippen LogP contribution in [0.5, 0.6) is 0 Å². The second kappa shape index (κ2) is 35.5. The monoisotopic (exact) mass is 1020 g/mol.